The summed E-state index contributed by atoms with van der Waals surface area (Å²) in [7, 11) is 0. The van der Waals surface area contributed by atoms with Crippen molar-refractivity contribution in [2.24, 2.45) is 0 Å². The van der Waals surface area contributed by atoms with E-state index in [0.29, 0.717) is 5.56 Å². The highest BCUT2D eigenvalue weighted by Crippen LogP contribution is 2.29. The molecule has 30 heavy (non-hydrogen) atoms. The lowest BCUT2D eigenvalue weighted by Crippen LogP contribution is -2.51. The number of hydrogen-bond donors (Lipinski definition) is 2. The number of Topliss-reactive ketones (excluding diaryl/α,β-unsaturated/α-hetero) is 2. The fourth-order valence-corrected chi connectivity index (χ4v) is 3.54. The molecule has 9 nitrogen and oxygen atoms in total. The van der Waals surface area contributed by atoms with Gasteiger partial charge in [0.05, 0.1) is 11.1 Å². The summed E-state index contributed by atoms with van der Waals surface area (Å²) in [4.78, 5) is 66.4. The monoisotopic (exact) mass is 404 g/mol. The predicted molar refractivity (Wildman–Crippen MR) is 103 cm³/mol. The average Bonchev–Trinajstić information content (AvgIpc) is 3.01. The summed E-state index contributed by atoms with van der Waals surface area (Å²) in [5.74, 6) is -3.05. The van der Waals surface area contributed by atoms with E-state index in [1.54, 1.807) is 24.3 Å². The third-order valence-corrected chi connectivity index (χ3v) is 5.12. The summed E-state index contributed by atoms with van der Waals surface area (Å²) in [6.45, 7) is 0.117. The standard InChI is InChI=1S/C21H16N4O5/c22-17-16(26)7-6-15(18(17)27)25-20(29)12-5-4-11(9-13(12)21(25)30)10-24-19(28)14-3-1-2-8-23-14/h1-5,8-9,15,22H,6-7,10H2,(H,24,28). The van der Waals surface area contributed by atoms with Crippen molar-refractivity contribution in [1.29, 1.82) is 5.41 Å². The first-order valence-electron chi connectivity index (χ1n) is 9.24. The number of nitrogens with one attached hydrogen (secondary N) is 2. The number of imide groups is 1. The van der Waals surface area contributed by atoms with Gasteiger partial charge in [-0.25, -0.2) is 0 Å². The number of aromatic nitrogens is 1. The molecule has 1 atom stereocenters. The zero-order valence-electron chi connectivity index (χ0n) is 15.7. The first-order chi connectivity index (χ1) is 14.4. The summed E-state index contributed by atoms with van der Waals surface area (Å²) in [6, 6.07) is 8.40. The molecule has 2 aromatic rings. The topological polar surface area (TPSA) is 137 Å². The Labute approximate surface area is 170 Å². The Bertz CT molecular complexity index is 1130. The number of nitrogens with zero attached hydrogens (tertiary/aromatic N) is 2. The SMILES string of the molecule is N=C1C(=O)CCC(N2C(=O)c3ccc(CNC(=O)c4ccccn4)cc3C2=O)C1=O. The van der Waals surface area contributed by atoms with Gasteiger partial charge in [0.25, 0.3) is 17.7 Å². The van der Waals surface area contributed by atoms with Crippen molar-refractivity contribution in [2.45, 2.75) is 25.4 Å². The van der Waals surface area contributed by atoms with Crippen LogP contribution in [0.2, 0.25) is 0 Å². The molecule has 1 unspecified atom stereocenters. The fraction of sp³-hybridized carbons (Fsp3) is 0.190. The molecule has 150 valence electrons. The molecule has 4 rings (SSSR count). The lowest BCUT2D eigenvalue weighted by Gasteiger charge is -2.27. The van der Waals surface area contributed by atoms with E-state index >= 15 is 0 Å². The second-order valence-electron chi connectivity index (χ2n) is 6.97. The summed E-state index contributed by atoms with van der Waals surface area (Å²) in [6.07, 6.45) is 1.45. The minimum absolute atomic E-state index is 0.0124. The van der Waals surface area contributed by atoms with Crippen LogP contribution < -0.4 is 5.32 Å². The number of amides is 3. The average molecular weight is 404 g/mol. The first-order valence-corrected chi connectivity index (χ1v) is 9.24. The number of rotatable bonds is 4. The minimum Gasteiger partial charge on any atom is -0.347 e. The molecule has 1 aliphatic heterocycles. The molecule has 3 amide bonds. The van der Waals surface area contributed by atoms with Gasteiger partial charge in [-0.1, -0.05) is 12.1 Å². The van der Waals surface area contributed by atoms with Crippen LogP contribution in [0.3, 0.4) is 0 Å². The summed E-state index contributed by atoms with van der Waals surface area (Å²) < 4.78 is 0. The van der Waals surface area contributed by atoms with Crippen LogP contribution in [-0.4, -0.2) is 50.9 Å². The van der Waals surface area contributed by atoms with Crippen LogP contribution in [0.15, 0.2) is 42.6 Å². The van der Waals surface area contributed by atoms with Gasteiger partial charge in [-0.3, -0.25) is 39.3 Å². The molecule has 1 saturated carbocycles. The van der Waals surface area contributed by atoms with E-state index < -0.39 is 35.1 Å². The lowest BCUT2D eigenvalue weighted by molar-refractivity contribution is -0.122. The Kier molecular flexibility index (Phi) is 4.78. The maximum Gasteiger partial charge on any atom is 0.270 e. The Morgan fingerprint density at radius 1 is 1.10 bits per heavy atom. The van der Waals surface area contributed by atoms with Gasteiger partial charge in [0.15, 0.2) is 5.78 Å². The van der Waals surface area contributed by atoms with Crippen molar-refractivity contribution in [2.75, 3.05) is 0 Å². The Morgan fingerprint density at radius 3 is 2.60 bits per heavy atom. The van der Waals surface area contributed by atoms with Crippen molar-refractivity contribution in [3.05, 3.63) is 65.0 Å². The molecule has 0 radical (unpaired) electrons. The van der Waals surface area contributed by atoms with Crippen LogP contribution in [0.25, 0.3) is 0 Å². The molecule has 9 heteroatoms. The molecule has 2 aliphatic rings. The number of benzene rings is 1. The van der Waals surface area contributed by atoms with E-state index in [4.69, 9.17) is 5.41 Å². The number of ketones is 2. The van der Waals surface area contributed by atoms with Crippen molar-refractivity contribution in [1.82, 2.24) is 15.2 Å². The van der Waals surface area contributed by atoms with Crippen molar-refractivity contribution < 1.29 is 24.0 Å². The molecule has 2 N–H and O–H groups in total. The van der Waals surface area contributed by atoms with Gasteiger partial charge in [0, 0.05) is 19.2 Å². The van der Waals surface area contributed by atoms with Gasteiger partial charge in [-0.2, -0.15) is 0 Å². The summed E-state index contributed by atoms with van der Waals surface area (Å²) in [5, 5.41) is 10.3. The largest absolute Gasteiger partial charge is 0.347 e. The zero-order valence-corrected chi connectivity index (χ0v) is 15.7. The minimum atomic E-state index is -1.14. The second-order valence-corrected chi connectivity index (χ2v) is 6.97. The van der Waals surface area contributed by atoms with Crippen LogP contribution in [0.4, 0.5) is 0 Å². The quantitative estimate of drug-likeness (QED) is 0.727. The third-order valence-electron chi connectivity index (χ3n) is 5.12. The Balaban J connectivity index is 1.52. The van der Waals surface area contributed by atoms with E-state index in [2.05, 4.69) is 10.3 Å². The van der Waals surface area contributed by atoms with Gasteiger partial charge in [-0.15, -0.1) is 0 Å². The molecule has 0 spiro atoms. The molecule has 1 aromatic carbocycles. The maximum atomic E-state index is 12.9. The van der Waals surface area contributed by atoms with Gasteiger partial charge < -0.3 is 5.32 Å². The normalized spacial score (nSPS) is 18.6. The van der Waals surface area contributed by atoms with E-state index in [-0.39, 0.29) is 42.1 Å². The second kappa shape index (κ2) is 7.43. The van der Waals surface area contributed by atoms with Crippen LogP contribution in [0.5, 0.6) is 0 Å². The van der Waals surface area contributed by atoms with Crippen LogP contribution in [0, 0.1) is 5.41 Å². The van der Waals surface area contributed by atoms with Gasteiger partial charge in [0.1, 0.15) is 17.4 Å². The maximum absolute atomic E-state index is 12.9. The highest BCUT2D eigenvalue weighted by atomic mass is 16.2. The lowest BCUT2D eigenvalue weighted by atomic mass is 9.90. The van der Waals surface area contributed by atoms with Gasteiger partial charge in [0.2, 0.25) is 5.78 Å². The molecule has 1 aromatic heterocycles. The van der Waals surface area contributed by atoms with E-state index in [0.717, 1.165) is 4.90 Å². The van der Waals surface area contributed by atoms with E-state index in [1.165, 1.54) is 18.3 Å². The summed E-state index contributed by atoms with van der Waals surface area (Å²) >= 11 is 0. The fourth-order valence-electron chi connectivity index (χ4n) is 3.54. The number of carbonyl (C=O) groups is 5. The van der Waals surface area contributed by atoms with Crippen LogP contribution >= 0.6 is 0 Å². The molecule has 2 heterocycles. The van der Waals surface area contributed by atoms with Gasteiger partial charge >= 0.3 is 0 Å². The Morgan fingerprint density at radius 2 is 1.87 bits per heavy atom. The number of hydrogen-bond acceptors (Lipinski definition) is 7. The van der Waals surface area contributed by atoms with Crippen molar-refractivity contribution in [3.8, 4) is 0 Å². The molecular weight excluding hydrogens is 388 g/mol. The predicted octanol–water partition coefficient (Wildman–Crippen LogP) is 0.928. The van der Waals surface area contributed by atoms with Crippen molar-refractivity contribution >= 4 is 35.0 Å². The Hall–Kier alpha value is -4.01. The molecule has 1 fully saturated rings. The number of carbonyl (C=O) groups excluding carboxylic acids is 5. The highest BCUT2D eigenvalue weighted by Gasteiger charge is 2.46. The highest BCUT2D eigenvalue weighted by molar-refractivity contribution is 6.67. The van der Waals surface area contributed by atoms with Gasteiger partial charge in [-0.05, 0) is 36.2 Å². The molecular formula is C21H16N4O5. The van der Waals surface area contributed by atoms with Crippen molar-refractivity contribution in [3.63, 3.8) is 0 Å². The third kappa shape index (κ3) is 3.20. The zero-order chi connectivity index (χ0) is 21.4. The van der Waals surface area contributed by atoms with E-state index in [9.17, 15) is 24.0 Å². The van der Waals surface area contributed by atoms with Crippen LogP contribution in [0.1, 0.15) is 49.6 Å². The van der Waals surface area contributed by atoms with E-state index in [1.807, 2.05) is 0 Å². The molecule has 0 bridgehead atoms. The summed E-state index contributed by atoms with van der Waals surface area (Å²) in [5.41, 5.74) is 0.445. The smallest absolute Gasteiger partial charge is 0.270 e. The number of fused-ring (bicyclic) bond motifs is 1. The first kappa shape index (κ1) is 19.3. The molecule has 1 aliphatic carbocycles. The number of pyridine rings is 1. The molecule has 0 saturated heterocycles. The van der Waals surface area contributed by atoms with Crippen LogP contribution in [-0.2, 0) is 16.1 Å².